The fourth-order valence-corrected chi connectivity index (χ4v) is 3.19. The summed E-state index contributed by atoms with van der Waals surface area (Å²) in [5.41, 5.74) is 3.67. The molecule has 7 nitrogen and oxygen atoms in total. The third kappa shape index (κ3) is 3.53. The van der Waals surface area contributed by atoms with Crippen LogP contribution in [0, 0.1) is 0 Å². The van der Waals surface area contributed by atoms with Gasteiger partial charge in [-0.15, -0.1) is 0 Å². The number of para-hydroxylation sites is 2. The Hall–Kier alpha value is -3.13. The van der Waals surface area contributed by atoms with Crippen molar-refractivity contribution in [3.8, 4) is 0 Å². The Balaban J connectivity index is 1.39. The Kier molecular flexibility index (Phi) is 4.17. The van der Waals surface area contributed by atoms with Crippen molar-refractivity contribution in [2.24, 2.45) is 0 Å². The molecule has 0 bridgehead atoms. The summed E-state index contributed by atoms with van der Waals surface area (Å²) in [6, 6.07) is 15.4. The number of benzene rings is 2. The molecule has 124 valence electrons. The number of hydrogen-bond donors (Lipinski definition) is 3. The van der Waals surface area contributed by atoms with Crippen LogP contribution in [-0.4, -0.2) is 31.1 Å². The number of anilines is 1. The molecule has 2 heterocycles. The van der Waals surface area contributed by atoms with Gasteiger partial charge in [0, 0.05) is 11.3 Å². The van der Waals surface area contributed by atoms with Gasteiger partial charge in [0.15, 0.2) is 5.16 Å². The maximum atomic E-state index is 12.1. The number of carbonyl (C=O) groups is 1. The van der Waals surface area contributed by atoms with E-state index >= 15 is 0 Å². The molecular formula is C17H14N6OS. The van der Waals surface area contributed by atoms with Crippen molar-refractivity contribution in [2.45, 2.75) is 10.9 Å². The number of H-pyrrole nitrogens is 2. The van der Waals surface area contributed by atoms with Crippen molar-refractivity contribution >= 4 is 34.7 Å². The van der Waals surface area contributed by atoms with Crippen molar-refractivity contribution in [1.29, 1.82) is 0 Å². The number of thioether (sulfide) groups is 1. The van der Waals surface area contributed by atoms with Crippen LogP contribution in [0.25, 0.3) is 11.0 Å². The smallest absolute Gasteiger partial charge is 0.258 e. The second kappa shape index (κ2) is 6.78. The first kappa shape index (κ1) is 15.4. The van der Waals surface area contributed by atoms with Crippen molar-refractivity contribution in [1.82, 2.24) is 25.1 Å². The standard InChI is InChI=1S/C17H14N6OS/c24-15(22-16-18-10-19-23-16)12-7-5-11(6-8-12)9-25-17-20-13-3-1-2-4-14(13)21-17/h1-8,10H,9H2,(H,20,21)(H2,18,19,22,23,24). The molecule has 25 heavy (non-hydrogen) atoms. The maximum Gasteiger partial charge on any atom is 0.258 e. The first-order chi connectivity index (χ1) is 12.3. The molecule has 0 aliphatic rings. The number of carbonyl (C=O) groups excluding carboxylic acids is 1. The lowest BCUT2D eigenvalue weighted by Crippen LogP contribution is -2.12. The average molecular weight is 350 g/mol. The molecule has 0 aliphatic heterocycles. The van der Waals surface area contributed by atoms with Gasteiger partial charge in [-0.25, -0.2) is 10.1 Å². The number of nitrogens with zero attached hydrogens (tertiary/aromatic N) is 3. The van der Waals surface area contributed by atoms with Crippen molar-refractivity contribution < 1.29 is 4.79 Å². The molecule has 0 unspecified atom stereocenters. The summed E-state index contributed by atoms with van der Waals surface area (Å²) in [5.74, 6) is 0.867. The lowest BCUT2D eigenvalue weighted by Gasteiger charge is -2.03. The first-order valence-corrected chi connectivity index (χ1v) is 8.60. The fourth-order valence-electron chi connectivity index (χ4n) is 2.35. The van der Waals surface area contributed by atoms with Crippen LogP contribution in [0.4, 0.5) is 5.95 Å². The third-order valence-electron chi connectivity index (χ3n) is 3.61. The second-order valence-electron chi connectivity index (χ2n) is 5.33. The van der Waals surface area contributed by atoms with Crippen LogP contribution in [-0.2, 0) is 5.75 Å². The minimum absolute atomic E-state index is 0.228. The Bertz CT molecular complexity index is 961. The highest BCUT2D eigenvalue weighted by molar-refractivity contribution is 7.98. The minimum atomic E-state index is -0.228. The van der Waals surface area contributed by atoms with Crippen LogP contribution >= 0.6 is 11.8 Å². The SMILES string of the molecule is O=C(Nc1ncn[nH]1)c1ccc(CSc2nc3ccccc3[nH]2)cc1. The molecule has 0 spiro atoms. The van der Waals surface area contributed by atoms with Gasteiger partial charge in [-0.2, -0.15) is 10.1 Å². The molecule has 8 heteroatoms. The van der Waals surface area contributed by atoms with E-state index in [9.17, 15) is 4.79 Å². The van der Waals surface area contributed by atoms with Gasteiger partial charge in [-0.3, -0.25) is 10.1 Å². The number of rotatable bonds is 5. The van der Waals surface area contributed by atoms with Crippen molar-refractivity contribution in [2.75, 3.05) is 5.32 Å². The van der Waals surface area contributed by atoms with Gasteiger partial charge in [0.1, 0.15) is 6.33 Å². The van der Waals surface area contributed by atoms with Crippen LogP contribution in [0.15, 0.2) is 60.0 Å². The van der Waals surface area contributed by atoms with Crippen LogP contribution in [0.5, 0.6) is 0 Å². The highest BCUT2D eigenvalue weighted by Crippen LogP contribution is 2.23. The topological polar surface area (TPSA) is 99.3 Å². The molecule has 0 fully saturated rings. The normalized spacial score (nSPS) is 10.9. The maximum absolute atomic E-state index is 12.1. The van der Waals surface area contributed by atoms with E-state index in [1.54, 1.807) is 23.9 Å². The van der Waals surface area contributed by atoms with Gasteiger partial charge in [-0.1, -0.05) is 36.0 Å². The number of nitrogens with one attached hydrogen (secondary N) is 3. The summed E-state index contributed by atoms with van der Waals surface area (Å²) >= 11 is 1.63. The van der Waals surface area contributed by atoms with E-state index in [0.717, 1.165) is 27.5 Å². The van der Waals surface area contributed by atoms with E-state index in [4.69, 9.17) is 0 Å². The van der Waals surface area contributed by atoms with Gasteiger partial charge in [0.25, 0.3) is 5.91 Å². The lowest BCUT2D eigenvalue weighted by atomic mass is 10.1. The van der Waals surface area contributed by atoms with Crippen molar-refractivity contribution in [3.63, 3.8) is 0 Å². The number of imidazole rings is 1. The second-order valence-corrected chi connectivity index (χ2v) is 6.30. The number of hydrogen-bond acceptors (Lipinski definition) is 5. The average Bonchev–Trinajstić information content (AvgIpc) is 3.29. The largest absolute Gasteiger partial charge is 0.333 e. The Morgan fingerprint density at radius 1 is 1.12 bits per heavy atom. The van der Waals surface area contributed by atoms with Gasteiger partial charge >= 0.3 is 0 Å². The van der Waals surface area contributed by atoms with E-state index in [-0.39, 0.29) is 5.91 Å². The van der Waals surface area contributed by atoms with E-state index in [0.29, 0.717) is 11.5 Å². The molecule has 4 aromatic rings. The fraction of sp³-hybridized carbons (Fsp3) is 0.0588. The van der Waals surface area contributed by atoms with Crippen molar-refractivity contribution in [3.05, 3.63) is 66.0 Å². The Morgan fingerprint density at radius 3 is 2.72 bits per heavy atom. The zero-order valence-electron chi connectivity index (χ0n) is 13.1. The van der Waals surface area contributed by atoms with E-state index < -0.39 is 0 Å². The molecule has 0 atom stereocenters. The van der Waals surface area contributed by atoms with E-state index in [1.165, 1.54) is 6.33 Å². The molecule has 2 aromatic carbocycles. The molecule has 4 rings (SSSR count). The molecule has 3 N–H and O–H groups in total. The van der Waals surface area contributed by atoms with Crippen LogP contribution in [0.3, 0.4) is 0 Å². The highest BCUT2D eigenvalue weighted by Gasteiger charge is 2.08. The van der Waals surface area contributed by atoms with E-state index in [1.807, 2.05) is 36.4 Å². The zero-order chi connectivity index (χ0) is 17.1. The van der Waals surface area contributed by atoms with Crippen LogP contribution in [0.2, 0.25) is 0 Å². The minimum Gasteiger partial charge on any atom is -0.333 e. The molecular weight excluding hydrogens is 336 g/mol. The predicted molar refractivity (Wildman–Crippen MR) is 96.4 cm³/mol. The Labute approximate surface area is 147 Å². The first-order valence-electron chi connectivity index (χ1n) is 7.61. The van der Waals surface area contributed by atoms with Crippen LogP contribution < -0.4 is 5.32 Å². The summed E-state index contributed by atoms with van der Waals surface area (Å²) in [5, 5.41) is 9.81. The van der Waals surface area contributed by atoms with Gasteiger partial charge < -0.3 is 4.98 Å². The summed E-state index contributed by atoms with van der Waals surface area (Å²) in [6.45, 7) is 0. The van der Waals surface area contributed by atoms with Gasteiger partial charge in [0.2, 0.25) is 5.95 Å². The molecule has 0 saturated heterocycles. The summed E-state index contributed by atoms with van der Waals surface area (Å²) in [6.07, 6.45) is 1.34. The number of aromatic amines is 2. The lowest BCUT2D eigenvalue weighted by molar-refractivity contribution is 0.102. The summed E-state index contributed by atoms with van der Waals surface area (Å²) < 4.78 is 0. The molecule has 0 aliphatic carbocycles. The van der Waals surface area contributed by atoms with Gasteiger partial charge in [-0.05, 0) is 29.8 Å². The highest BCUT2D eigenvalue weighted by atomic mass is 32.2. The molecule has 2 aromatic heterocycles. The van der Waals surface area contributed by atoms with E-state index in [2.05, 4.69) is 30.5 Å². The number of fused-ring (bicyclic) bond motifs is 1. The molecule has 1 amide bonds. The summed E-state index contributed by atoms with van der Waals surface area (Å²) in [7, 11) is 0. The predicted octanol–water partition coefficient (Wildman–Crippen LogP) is 3.23. The summed E-state index contributed by atoms with van der Waals surface area (Å²) in [4.78, 5) is 23.8. The third-order valence-corrected chi connectivity index (χ3v) is 4.55. The molecule has 0 saturated carbocycles. The van der Waals surface area contributed by atoms with Crippen LogP contribution in [0.1, 0.15) is 15.9 Å². The van der Waals surface area contributed by atoms with Gasteiger partial charge in [0.05, 0.1) is 11.0 Å². The monoisotopic (exact) mass is 350 g/mol. The quantitative estimate of drug-likeness (QED) is 0.480. The number of amides is 1. The molecule has 0 radical (unpaired) electrons. The Morgan fingerprint density at radius 2 is 1.96 bits per heavy atom. The zero-order valence-corrected chi connectivity index (χ0v) is 13.9. The number of aromatic nitrogens is 5.